The molecule has 16 heavy (non-hydrogen) atoms. The summed E-state index contributed by atoms with van der Waals surface area (Å²) < 4.78 is 10.8. The SMILES string of the molecule is [c]1ccccc1Oc1nc2ccccc2o1. The molecule has 0 N–H and O–H groups in total. The van der Waals surface area contributed by atoms with E-state index in [0.717, 1.165) is 5.52 Å². The fourth-order valence-electron chi connectivity index (χ4n) is 1.43. The summed E-state index contributed by atoms with van der Waals surface area (Å²) in [6.45, 7) is 0. The van der Waals surface area contributed by atoms with E-state index in [9.17, 15) is 0 Å². The van der Waals surface area contributed by atoms with Crippen LogP contribution in [0.2, 0.25) is 0 Å². The van der Waals surface area contributed by atoms with Crippen molar-refractivity contribution in [3.63, 3.8) is 0 Å². The van der Waals surface area contributed by atoms with Crippen molar-refractivity contribution in [2.45, 2.75) is 0 Å². The second-order valence-corrected chi connectivity index (χ2v) is 3.28. The summed E-state index contributed by atoms with van der Waals surface area (Å²) in [5.41, 5.74) is 1.50. The van der Waals surface area contributed by atoms with E-state index in [1.807, 2.05) is 36.4 Å². The van der Waals surface area contributed by atoms with Crippen LogP contribution in [0.5, 0.6) is 11.8 Å². The summed E-state index contributed by atoms with van der Waals surface area (Å²) in [5, 5.41) is 0. The maximum atomic E-state index is 5.43. The zero-order valence-electron chi connectivity index (χ0n) is 8.38. The smallest absolute Gasteiger partial charge is 0.400 e. The van der Waals surface area contributed by atoms with Crippen molar-refractivity contribution < 1.29 is 9.15 Å². The summed E-state index contributed by atoms with van der Waals surface area (Å²) >= 11 is 0. The quantitative estimate of drug-likeness (QED) is 0.650. The summed E-state index contributed by atoms with van der Waals surface area (Å²) in [6.07, 6.45) is 0.239. The van der Waals surface area contributed by atoms with Crippen LogP contribution in [0.25, 0.3) is 11.1 Å². The van der Waals surface area contributed by atoms with Crippen molar-refractivity contribution in [1.82, 2.24) is 4.98 Å². The van der Waals surface area contributed by atoms with Crippen molar-refractivity contribution in [2.75, 3.05) is 0 Å². The Morgan fingerprint density at radius 2 is 1.94 bits per heavy atom. The number of aromatic nitrogens is 1. The lowest BCUT2D eigenvalue weighted by atomic mass is 10.3. The van der Waals surface area contributed by atoms with Gasteiger partial charge in [0.25, 0.3) is 0 Å². The standard InChI is InChI=1S/C13H8NO2/c1-2-6-10(7-3-1)15-13-14-11-8-4-5-9-12(11)16-13/h1-6,8-9H. The van der Waals surface area contributed by atoms with E-state index >= 15 is 0 Å². The van der Waals surface area contributed by atoms with E-state index < -0.39 is 0 Å². The average Bonchev–Trinajstić information content (AvgIpc) is 2.72. The molecule has 0 saturated heterocycles. The highest BCUT2D eigenvalue weighted by Crippen LogP contribution is 2.24. The molecule has 0 aliphatic carbocycles. The monoisotopic (exact) mass is 210 g/mol. The van der Waals surface area contributed by atoms with Gasteiger partial charge in [0.05, 0.1) is 0 Å². The molecule has 1 radical (unpaired) electrons. The average molecular weight is 210 g/mol. The molecule has 77 valence electrons. The van der Waals surface area contributed by atoms with Gasteiger partial charge in [0.15, 0.2) is 5.58 Å². The lowest BCUT2D eigenvalue weighted by molar-refractivity contribution is 0.342. The maximum absolute atomic E-state index is 5.43. The summed E-state index contributed by atoms with van der Waals surface area (Å²) in [5.74, 6) is 0.592. The highest BCUT2D eigenvalue weighted by Gasteiger charge is 2.06. The highest BCUT2D eigenvalue weighted by atomic mass is 16.6. The molecule has 0 fully saturated rings. The molecule has 1 aromatic heterocycles. The van der Waals surface area contributed by atoms with Gasteiger partial charge >= 0.3 is 6.08 Å². The molecule has 0 amide bonds. The Balaban J connectivity index is 1.95. The molecule has 3 nitrogen and oxygen atoms in total. The van der Waals surface area contributed by atoms with E-state index in [0.29, 0.717) is 11.3 Å². The van der Waals surface area contributed by atoms with Crippen molar-refractivity contribution in [2.24, 2.45) is 0 Å². The van der Waals surface area contributed by atoms with Crippen molar-refractivity contribution in [1.29, 1.82) is 0 Å². The predicted molar refractivity (Wildman–Crippen MR) is 59.4 cm³/mol. The molecule has 0 bridgehead atoms. The minimum Gasteiger partial charge on any atom is -0.410 e. The molecule has 0 aliphatic rings. The van der Waals surface area contributed by atoms with E-state index in [1.165, 1.54) is 0 Å². The fourth-order valence-corrected chi connectivity index (χ4v) is 1.43. The molecule has 3 rings (SSSR count). The van der Waals surface area contributed by atoms with E-state index in [-0.39, 0.29) is 6.08 Å². The largest absolute Gasteiger partial charge is 0.410 e. The van der Waals surface area contributed by atoms with Crippen LogP contribution in [0.1, 0.15) is 0 Å². The van der Waals surface area contributed by atoms with Gasteiger partial charge in [0, 0.05) is 6.07 Å². The first-order valence-electron chi connectivity index (χ1n) is 4.92. The lowest BCUT2D eigenvalue weighted by Crippen LogP contribution is -1.82. The third-order valence-electron chi connectivity index (χ3n) is 2.15. The summed E-state index contributed by atoms with van der Waals surface area (Å²) in [4.78, 5) is 4.20. The van der Waals surface area contributed by atoms with Crippen LogP contribution in [-0.2, 0) is 0 Å². The van der Waals surface area contributed by atoms with Gasteiger partial charge in [-0.1, -0.05) is 30.3 Å². The number of fused-ring (bicyclic) bond motifs is 1. The number of nitrogens with zero attached hydrogens (tertiary/aromatic N) is 1. The number of rotatable bonds is 2. The van der Waals surface area contributed by atoms with E-state index in [2.05, 4.69) is 11.1 Å². The van der Waals surface area contributed by atoms with Crippen LogP contribution in [0, 0.1) is 6.07 Å². The van der Waals surface area contributed by atoms with Crippen LogP contribution in [0.15, 0.2) is 52.9 Å². The van der Waals surface area contributed by atoms with Gasteiger partial charge in [-0.2, -0.15) is 4.98 Å². The molecular formula is C13H8NO2. The first kappa shape index (κ1) is 8.97. The molecule has 0 saturated carbocycles. The van der Waals surface area contributed by atoms with Gasteiger partial charge in [0.1, 0.15) is 11.3 Å². The molecule has 3 heteroatoms. The number of hydrogen-bond acceptors (Lipinski definition) is 3. The molecule has 0 atom stereocenters. The third-order valence-corrected chi connectivity index (χ3v) is 2.15. The Morgan fingerprint density at radius 1 is 1.06 bits per heavy atom. The van der Waals surface area contributed by atoms with Crippen molar-refractivity contribution >= 4 is 11.1 Å². The van der Waals surface area contributed by atoms with Gasteiger partial charge in [-0.05, 0) is 18.2 Å². The van der Waals surface area contributed by atoms with Crippen LogP contribution in [0.3, 0.4) is 0 Å². The molecular weight excluding hydrogens is 202 g/mol. The van der Waals surface area contributed by atoms with Crippen LogP contribution in [0.4, 0.5) is 0 Å². The first-order chi connectivity index (χ1) is 7.92. The van der Waals surface area contributed by atoms with Gasteiger partial charge in [-0.3, -0.25) is 0 Å². The number of ether oxygens (including phenoxy) is 1. The Morgan fingerprint density at radius 3 is 2.75 bits per heavy atom. The van der Waals surface area contributed by atoms with Gasteiger partial charge in [-0.15, -0.1) is 0 Å². The van der Waals surface area contributed by atoms with E-state index in [1.54, 1.807) is 12.1 Å². The molecule has 1 heterocycles. The fraction of sp³-hybridized carbons (Fsp3) is 0. The minimum atomic E-state index is 0.239. The first-order valence-corrected chi connectivity index (χ1v) is 4.92. The molecule has 0 aliphatic heterocycles. The normalized spacial score (nSPS) is 10.5. The maximum Gasteiger partial charge on any atom is 0.400 e. The Kier molecular flexibility index (Phi) is 2.07. The second-order valence-electron chi connectivity index (χ2n) is 3.28. The molecule has 0 spiro atoms. The predicted octanol–water partition coefficient (Wildman–Crippen LogP) is 3.42. The van der Waals surface area contributed by atoms with Crippen LogP contribution < -0.4 is 4.74 Å². The molecule has 0 unspecified atom stereocenters. The second kappa shape index (κ2) is 3.70. The van der Waals surface area contributed by atoms with Crippen molar-refractivity contribution in [3.8, 4) is 11.8 Å². The Hall–Kier alpha value is -2.29. The zero-order chi connectivity index (χ0) is 10.8. The number of hydrogen-bond donors (Lipinski definition) is 0. The summed E-state index contributed by atoms with van der Waals surface area (Å²) in [7, 11) is 0. The number of oxazole rings is 1. The molecule has 2 aromatic carbocycles. The number of benzene rings is 2. The Bertz CT molecular complexity index is 568. The van der Waals surface area contributed by atoms with Crippen LogP contribution in [-0.4, -0.2) is 4.98 Å². The van der Waals surface area contributed by atoms with Gasteiger partial charge in [0.2, 0.25) is 0 Å². The molecule has 3 aromatic rings. The van der Waals surface area contributed by atoms with Gasteiger partial charge < -0.3 is 9.15 Å². The lowest BCUT2D eigenvalue weighted by Gasteiger charge is -1.97. The Labute approximate surface area is 92.3 Å². The van der Waals surface area contributed by atoms with Crippen LogP contribution >= 0.6 is 0 Å². The van der Waals surface area contributed by atoms with Crippen molar-refractivity contribution in [3.05, 3.63) is 54.6 Å². The third kappa shape index (κ3) is 1.63. The minimum absolute atomic E-state index is 0.239. The van der Waals surface area contributed by atoms with Gasteiger partial charge in [-0.25, -0.2) is 0 Å². The number of para-hydroxylation sites is 3. The summed E-state index contributed by atoms with van der Waals surface area (Å²) in [6, 6.07) is 17.8. The van der Waals surface area contributed by atoms with E-state index in [4.69, 9.17) is 9.15 Å². The highest BCUT2D eigenvalue weighted by molar-refractivity contribution is 5.72. The topological polar surface area (TPSA) is 35.3 Å². The zero-order valence-corrected chi connectivity index (χ0v) is 8.38.